The largest absolute Gasteiger partial charge is 0.497 e. The highest BCUT2D eigenvalue weighted by molar-refractivity contribution is 7.21. The minimum absolute atomic E-state index is 0.882. The fraction of sp³-hybridized carbons (Fsp3) is 0.278. The molecule has 0 aliphatic carbocycles. The third-order valence-electron chi connectivity index (χ3n) is 4.18. The van der Waals surface area contributed by atoms with Gasteiger partial charge in [-0.3, -0.25) is 0 Å². The summed E-state index contributed by atoms with van der Waals surface area (Å²) in [5.74, 6) is 0.882. The van der Waals surface area contributed by atoms with Crippen molar-refractivity contribution in [2.75, 3.05) is 25.1 Å². The quantitative estimate of drug-likeness (QED) is 0.708. The SMILES string of the molecule is COc1ccc2nc(-c3ccc(N4CCCC4)cc3)sc2c1. The molecule has 0 amide bonds. The molecule has 2 aromatic carbocycles. The average molecular weight is 310 g/mol. The van der Waals surface area contributed by atoms with Crippen LogP contribution >= 0.6 is 11.3 Å². The van der Waals surface area contributed by atoms with E-state index in [-0.39, 0.29) is 0 Å². The standard InChI is InChI=1S/C18H18N2OS/c1-21-15-8-9-16-17(12-15)22-18(19-16)13-4-6-14(7-5-13)20-10-2-3-11-20/h4-9,12H,2-3,10-11H2,1H3. The molecule has 4 rings (SSSR count). The number of benzene rings is 2. The van der Waals surface area contributed by atoms with Gasteiger partial charge in [-0.05, 0) is 55.3 Å². The molecule has 0 saturated carbocycles. The summed E-state index contributed by atoms with van der Waals surface area (Å²) in [4.78, 5) is 7.19. The Balaban J connectivity index is 1.66. The van der Waals surface area contributed by atoms with Gasteiger partial charge in [-0.2, -0.15) is 0 Å². The Bertz CT molecular complexity index is 788. The van der Waals surface area contributed by atoms with Crippen LogP contribution in [-0.4, -0.2) is 25.2 Å². The van der Waals surface area contributed by atoms with Gasteiger partial charge in [-0.15, -0.1) is 11.3 Å². The predicted molar refractivity (Wildman–Crippen MR) is 93.1 cm³/mol. The van der Waals surface area contributed by atoms with Crippen LogP contribution in [0.25, 0.3) is 20.8 Å². The molecule has 1 aliphatic rings. The van der Waals surface area contributed by atoms with Crippen molar-refractivity contribution in [1.29, 1.82) is 0 Å². The molecule has 0 bridgehead atoms. The van der Waals surface area contributed by atoms with Gasteiger partial charge >= 0.3 is 0 Å². The van der Waals surface area contributed by atoms with E-state index in [1.807, 2.05) is 12.1 Å². The molecule has 1 saturated heterocycles. The minimum atomic E-state index is 0.882. The molecule has 4 heteroatoms. The number of ether oxygens (including phenoxy) is 1. The molecule has 1 aromatic heterocycles. The number of aromatic nitrogens is 1. The lowest BCUT2D eigenvalue weighted by molar-refractivity contribution is 0.415. The molecule has 112 valence electrons. The second kappa shape index (κ2) is 5.61. The van der Waals surface area contributed by atoms with Crippen molar-refractivity contribution < 1.29 is 4.74 Å². The Hall–Kier alpha value is -2.07. The summed E-state index contributed by atoms with van der Waals surface area (Å²) in [6, 6.07) is 14.8. The number of hydrogen-bond donors (Lipinski definition) is 0. The number of nitrogens with zero attached hydrogens (tertiary/aromatic N) is 2. The zero-order valence-electron chi connectivity index (χ0n) is 12.6. The number of hydrogen-bond acceptors (Lipinski definition) is 4. The van der Waals surface area contributed by atoms with Crippen LogP contribution in [0.3, 0.4) is 0 Å². The molecule has 3 nitrogen and oxygen atoms in total. The maximum Gasteiger partial charge on any atom is 0.124 e. The highest BCUT2D eigenvalue weighted by atomic mass is 32.1. The van der Waals surface area contributed by atoms with Gasteiger partial charge in [0, 0.05) is 24.3 Å². The molecular weight excluding hydrogens is 292 g/mol. The highest BCUT2D eigenvalue weighted by Gasteiger charge is 2.13. The number of thiazole rings is 1. The zero-order chi connectivity index (χ0) is 14.9. The van der Waals surface area contributed by atoms with E-state index in [0.29, 0.717) is 0 Å². The lowest BCUT2D eigenvalue weighted by Gasteiger charge is -2.17. The van der Waals surface area contributed by atoms with Crippen LogP contribution < -0.4 is 9.64 Å². The van der Waals surface area contributed by atoms with Gasteiger partial charge < -0.3 is 9.64 Å². The first-order chi connectivity index (χ1) is 10.8. The summed E-state index contributed by atoms with van der Waals surface area (Å²) in [5, 5.41) is 1.07. The molecule has 0 unspecified atom stereocenters. The van der Waals surface area contributed by atoms with E-state index in [9.17, 15) is 0 Å². The van der Waals surface area contributed by atoms with Crippen LogP contribution in [0.15, 0.2) is 42.5 Å². The summed E-state index contributed by atoms with van der Waals surface area (Å²) in [6.07, 6.45) is 2.61. The Kier molecular flexibility index (Phi) is 3.47. The van der Waals surface area contributed by atoms with Gasteiger partial charge in [0.25, 0.3) is 0 Å². The highest BCUT2D eigenvalue weighted by Crippen LogP contribution is 2.33. The van der Waals surface area contributed by atoms with Crippen molar-refractivity contribution in [3.05, 3.63) is 42.5 Å². The molecule has 0 radical (unpaired) electrons. The second-order valence-corrected chi connectivity index (χ2v) is 6.62. The molecule has 1 fully saturated rings. The van der Waals surface area contributed by atoms with Gasteiger partial charge in [0.15, 0.2) is 0 Å². The van der Waals surface area contributed by atoms with Crippen molar-refractivity contribution in [3.63, 3.8) is 0 Å². The number of methoxy groups -OCH3 is 1. The zero-order valence-corrected chi connectivity index (χ0v) is 13.4. The van der Waals surface area contributed by atoms with E-state index in [4.69, 9.17) is 9.72 Å². The maximum atomic E-state index is 5.28. The number of rotatable bonds is 3. The van der Waals surface area contributed by atoms with Crippen LogP contribution in [0, 0.1) is 0 Å². The van der Waals surface area contributed by atoms with Gasteiger partial charge in [-0.1, -0.05) is 0 Å². The number of anilines is 1. The summed E-state index contributed by atoms with van der Waals surface area (Å²) < 4.78 is 6.45. The molecule has 3 aromatic rings. The molecule has 1 aliphatic heterocycles. The smallest absolute Gasteiger partial charge is 0.124 e. The fourth-order valence-corrected chi connectivity index (χ4v) is 3.95. The molecule has 0 atom stereocenters. The Morgan fingerprint density at radius 2 is 1.82 bits per heavy atom. The van der Waals surface area contributed by atoms with Crippen molar-refractivity contribution in [2.24, 2.45) is 0 Å². The minimum Gasteiger partial charge on any atom is -0.497 e. The van der Waals surface area contributed by atoms with Gasteiger partial charge in [0.1, 0.15) is 10.8 Å². The lowest BCUT2D eigenvalue weighted by atomic mass is 10.2. The first kappa shape index (κ1) is 13.6. The average Bonchev–Trinajstić information content (AvgIpc) is 3.23. The molecule has 0 spiro atoms. The Morgan fingerprint density at radius 3 is 2.55 bits per heavy atom. The van der Waals surface area contributed by atoms with Crippen molar-refractivity contribution in [3.8, 4) is 16.3 Å². The summed E-state index contributed by atoms with van der Waals surface area (Å²) in [5.41, 5.74) is 3.54. The van der Waals surface area contributed by atoms with Gasteiger partial charge in [0.2, 0.25) is 0 Å². The third kappa shape index (κ3) is 2.44. The van der Waals surface area contributed by atoms with E-state index in [2.05, 4.69) is 35.2 Å². The van der Waals surface area contributed by atoms with E-state index >= 15 is 0 Å². The van der Waals surface area contributed by atoms with Crippen molar-refractivity contribution in [1.82, 2.24) is 4.98 Å². The Morgan fingerprint density at radius 1 is 1.05 bits per heavy atom. The van der Waals surface area contributed by atoms with Crippen LogP contribution in [-0.2, 0) is 0 Å². The third-order valence-corrected chi connectivity index (χ3v) is 5.25. The predicted octanol–water partition coefficient (Wildman–Crippen LogP) is 4.57. The van der Waals surface area contributed by atoms with E-state index < -0.39 is 0 Å². The van der Waals surface area contributed by atoms with Gasteiger partial charge in [0.05, 0.1) is 17.3 Å². The molecule has 2 heterocycles. The van der Waals surface area contributed by atoms with Crippen LogP contribution in [0.5, 0.6) is 5.75 Å². The summed E-state index contributed by atoms with van der Waals surface area (Å²) in [6.45, 7) is 2.36. The first-order valence-electron chi connectivity index (χ1n) is 7.63. The normalized spacial score (nSPS) is 14.7. The van der Waals surface area contributed by atoms with E-state index in [0.717, 1.165) is 21.0 Å². The monoisotopic (exact) mass is 310 g/mol. The molecule has 0 N–H and O–H groups in total. The van der Waals surface area contributed by atoms with E-state index in [1.54, 1.807) is 18.4 Å². The van der Waals surface area contributed by atoms with Gasteiger partial charge in [-0.25, -0.2) is 4.98 Å². The first-order valence-corrected chi connectivity index (χ1v) is 8.45. The number of fused-ring (bicyclic) bond motifs is 1. The van der Waals surface area contributed by atoms with Crippen LogP contribution in [0.4, 0.5) is 5.69 Å². The molecule has 22 heavy (non-hydrogen) atoms. The topological polar surface area (TPSA) is 25.4 Å². The lowest BCUT2D eigenvalue weighted by Crippen LogP contribution is -2.17. The van der Waals surface area contributed by atoms with Crippen LogP contribution in [0.1, 0.15) is 12.8 Å². The molecular formula is C18H18N2OS. The summed E-state index contributed by atoms with van der Waals surface area (Å²) in [7, 11) is 1.69. The maximum absolute atomic E-state index is 5.28. The van der Waals surface area contributed by atoms with Crippen LogP contribution in [0.2, 0.25) is 0 Å². The van der Waals surface area contributed by atoms with Crippen molar-refractivity contribution in [2.45, 2.75) is 12.8 Å². The second-order valence-electron chi connectivity index (χ2n) is 5.59. The summed E-state index contributed by atoms with van der Waals surface area (Å²) >= 11 is 1.71. The van der Waals surface area contributed by atoms with Crippen molar-refractivity contribution >= 4 is 27.2 Å². The van der Waals surface area contributed by atoms with E-state index in [1.165, 1.54) is 37.2 Å². The fourth-order valence-electron chi connectivity index (χ4n) is 2.95. The Labute approximate surface area is 134 Å².